The summed E-state index contributed by atoms with van der Waals surface area (Å²) in [6.45, 7) is 10.3. The number of ketones is 1. The van der Waals surface area contributed by atoms with Gasteiger partial charge in [-0.1, -0.05) is 0 Å². The van der Waals surface area contributed by atoms with Gasteiger partial charge in [-0.15, -0.1) is 0 Å². The number of piperidine rings is 1. The molecule has 3 rings (SSSR count). The molecule has 22 heavy (non-hydrogen) atoms. The highest BCUT2D eigenvalue weighted by atomic mass is 16.7. The van der Waals surface area contributed by atoms with Crippen molar-refractivity contribution in [3.63, 3.8) is 0 Å². The fraction of sp³-hybridized carbons (Fsp3) is 0.882. The molecule has 0 amide bonds. The maximum Gasteiger partial charge on any atom is 0.322 e. The first-order valence-corrected chi connectivity index (χ1v) is 8.30. The molecule has 0 aromatic carbocycles. The van der Waals surface area contributed by atoms with Crippen LogP contribution in [0, 0.1) is 5.41 Å². The van der Waals surface area contributed by atoms with Crippen molar-refractivity contribution >= 4 is 11.8 Å². The van der Waals surface area contributed by atoms with E-state index in [0.29, 0.717) is 12.8 Å². The lowest BCUT2D eigenvalue weighted by atomic mass is 9.73. The summed E-state index contributed by atoms with van der Waals surface area (Å²) in [6, 6.07) is 0. The molecule has 124 valence electrons. The molecule has 3 fully saturated rings. The zero-order valence-corrected chi connectivity index (χ0v) is 14.3. The van der Waals surface area contributed by atoms with Crippen molar-refractivity contribution in [2.24, 2.45) is 5.41 Å². The molecular weight excluding hydrogens is 282 g/mol. The third-order valence-corrected chi connectivity index (χ3v) is 5.72. The quantitative estimate of drug-likeness (QED) is 0.580. The third-order valence-electron chi connectivity index (χ3n) is 5.72. The number of nitrogens with zero attached hydrogens (tertiary/aromatic N) is 1. The van der Waals surface area contributed by atoms with Gasteiger partial charge < -0.3 is 4.74 Å². The molecule has 2 aliphatic heterocycles. The second kappa shape index (κ2) is 4.78. The maximum absolute atomic E-state index is 12.4. The van der Waals surface area contributed by atoms with Gasteiger partial charge >= 0.3 is 5.97 Å². The van der Waals surface area contributed by atoms with Crippen LogP contribution in [-0.2, 0) is 19.2 Å². The maximum atomic E-state index is 12.4. The van der Waals surface area contributed by atoms with Crippen LogP contribution in [-0.4, -0.2) is 40.1 Å². The molecule has 0 unspecified atom stereocenters. The standard InChI is InChI=1S/C17H27NO4/c1-15(2)9-6-10-16(3,4)18(15)22-13-11-7-8-12(19)17(13,5)14(20)21-11/h11,13H,6-10H2,1-5H3/t11-,13-,17+/m1/s1. The Balaban J connectivity index is 1.91. The summed E-state index contributed by atoms with van der Waals surface area (Å²) in [5, 5.41) is 2.03. The second-order valence-electron chi connectivity index (χ2n) is 8.41. The minimum atomic E-state index is -1.15. The van der Waals surface area contributed by atoms with E-state index >= 15 is 0 Å². The first kappa shape index (κ1) is 15.9. The summed E-state index contributed by atoms with van der Waals surface area (Å²) in [6.07, 6.45) is 3.39. The van der Waals surface area contributed by atoms with Gasteiger partial charge in [0.1, 0.15) is 12.2 Å². The molecule has 1 saturated carbocycles. The molecule has 0 N–H and O–H groups in total. The minimum absolute atomic E-state index is 0.0520. The van der Waals surface area contributed by atoms with Gasteiger partial charge in [-0.2, -0.15) is 5.06 Å². The Morgan fingerprint density at radius 2 is 1.68 bits per heavy atom. The number of Topliss-reactive ketones (excluding diaryl/α,β-unsaturated/α-hetero) is 1. The average molecular weight is 309 g/mol. The number of hydroxylamine groups is 2. The van der Waals surface area contributed by atoms with E-state index in [2.05, 4.69) is 27.7 Å². The number of ether oxygens (including phenoxy) is 1. The Bertz CT molecular complexity index is 487. The molecule has 0 radical (unpaired) electrons. The zero-order valence-electron chi connectivity index (χ0n) is 14.3. The first-order chi connectivity index (χ1) is 10.1. The summed E-state index contributed by atoms with van der Waals surface area (Å²) in [4.78, 5) is 30.9. The summed E-state index contributed by atoms with van der Waals surface area (Å²) >= 11 is 0. The van der Waals surface area contributed by atoms with Gasteiger partial charge in [0.2, 0.25) is 0 Å². The topological polar surface area (TPSA) is 55.8 Å². The van der Waals surface area contributed by atoms with Gasteiger partial charge in [-0.05, 0) is 60.3 Å². The van der Waals surface area contributed by atoms with Crippen molar-refractivity contribution in [3.8, 4) is 0 Å². The van der Waals surface area contributed by atoms with Crippen LogP contribution in [0.3, 0.4) is 0 Å². The number of esters is 1. The number of rotatable bonds is 2. The SMILES string of the molecule is CC1(C)CCCC(C)(C)N1O[C@@H]1[C@H]2CCC(=O)[C@]1(C)C(=O)O2. The van der Waals surface area contributed by atoms with Crippen LogP contribution in [0.4, 0.5) is 0 Å². The van der Waals surface area contributed by atoms with Crippen molar-refractivity contribution in [2.75, 3.05) is 0 Å². The highest BCUT2D eigenvalue weighted by Crippen LogP contribution is 2.47. The molecule has 3 aliphatic rings. The number of carbonyl (C=O) groups is 2. The molecule has 1 aliphatic carbocycles. The Labute approximate surface area is 132 Å². The highest BCUT2D eigenvalue weighted by Gasteiger charge is 2.64. The van der Waals surface area contributed by atoms with E-state index in [-0.39, 0.29) is 23.0 Å². The molecule has 2 saturated heterocycles. The lowest BCUT2D eigenvalue weighted by molar-refractivity contribution is -0.321. The van der Waals surface area contributed by atoms with Gasteiger partial charge in [-0.3, -0.25) is 14.4 Å². The minimum Gasteiger partial charge on any atom is -0.459 e. The summed E-state index contributed by atoms with van der Waals surface area (Å²) < 4.78 is 5.44. The van der Waals surface area contributed by atoms with Crippen molar-refractivity contribution in [1.82, 2.24) is 5.06 Å². The van der Waals surface area contributed by atoms with Crippen LogP contribution in [0.2, 0.25) is 0 Å². The van der Waals surface area contributed by atoms with Crippen LogP contribution in [0.15, 0.2) is 0 Å². The van der Waals surface area contributed by atoms with E-state index < -0.39 is 17.5 Å². The van der Waals surface area contributed by atoms with E-state index in [4.69, 9.17) is 9.57 Å². The third kappa shape index (κ3) is 2.13. The van der Waals surface area contributed by atoms with Crippen LogP contribution in [0.1, 0.15) is 66.7 Å². The molecule has 3 atom stereocenters. The molecule has 2 heterocycles. The van der Waals surface area contributed by atoms with Crippen LogP contribution >= 0.6 is 0 Å². The fourth-order valence-corrected chi connectivity index (χ4v) is 4.37. The predicted molar refractivity (Wildman–Crippen MR) is 80.9 cm³/mol. The zero-order chi connectivity index (χ0) is 16.3. The molecule has 0 aromatic rings. The fourth-order valence-electron chi connectivity index (χ4n) is 4.37. The Morgan fingerprint density at radius 3 is 2.27 bits per heavy atom. The molecular formula is C17H27NO4. The number of hydrogen-bond donors (Lipinski definition) is 0. The van der Waals surface area contributed by atoms with E-state index in [0.717, 1.165) is 19.3 Å². The van der Waals surface area contributed by atoms with Gasteiger partial charge in [0.05, 0.1) is 0 Å². The van der Waals surface area contributed by atoms with Gasteiger partial charge in [0.25, 0.3) is 0 Å². The summed E-state index contributed by atoms with van der Waals surface area (Å²) in [5.74, 6) is -0.471. The molecule has 5 heteroatoms. The van der Waals surface area contributed by atoms with Crippen LogP contribution in [0.5, 0.6) is 0 Å². The van der Waals surface area contributed by atoms with Crippen molar-refractivity contribution < 1.29 is 19.2 Å². The van der Waals surface area contributed by atoms with Crippen molar-refractivity contribution in [1.29, 1.82) is 0 Å². The van der Waals surface area contributed by atoms with Gasteiger partial charge in [-0.25, -0.2) is 0 Å². The Morgan fingerprint density at radius 1 is 1.09 bits per heavy atom. The first-order valence-electron chi connectivity index (χ1n) is 8.30. The van der Waals surface area contributed by atoms with Crippen LogP contribution < -0.4 is 0 Å². The largest absolute Gasteiger partial charge is 0.459 e. The number of carbonyl (C=O) groups excluding carboxylic acids is 2. The lowest BCUT2D eigenvalue weighted by Crippen LogP contribution is -2.62. The van der Waals surface area contributed by atoms with Crippen molar-refractivity contribution in [2.45, 2.75) is 90.0 Å². The second-order valence-corrected chi connectivity index (χ2v) is 8.41. The lowest BCUT2D eigenvalue weighted by Gasteiger charge is -2.53. The normalized spacial score (nSPS) is 40.6. The van der Waals surface area contributed by atoms with Crippen LogP contribution in [0.25, 0.3) is 0 Å². The molecule has 0 aromatic heterocycles. The summed E-state index contributed by atoms with van der Waals surface area (Å²) in [5.41, 5.74) is -1.39. The Hall–Kier alpha value is -0.940. The van der Waals surface area contributed by atoms with Gasteiger partial charge in [0.15, 0.2) is 11.2 Å². The van der Waals surface area contributed by atoms with Crippen molar-refractivity contribution in [3.05, 3.63) is 0 Å². The number of fused-ring (bicyclic) bond motifs is 2. The molecule has 5 nitrogen and oxygen atoms in total. The van der Waals surface area contributed by atoms with E-state index in [1.165, 1.54) is 0 Å². The summed E-state index contributed by atoms with van der Waals surface area (Å²) in [7, 11) is 0. The van der Waals surface area contributed by atoms with E-state index in [9.17, 15) is 9.59 Å². The monoisotopic (exact) mass is 309 g/mol. The average Bonchev–Trinajstić information content (AvgIpc) is 2.57. The van der Waals surface area contributed by atoms with E-state index in [1.807, 2.05) is 5.06 Å². The highest BCUT2D eigenvalue weighted by molar-refractivity contribution is 6.06. The number of hydrogen-bond acceptors (Lipinski definition) is 5. The molecule has 2 bridgehead atoms. The molecule has 0 spiro atoms. The Kier molecular flexibility index (Phi) is 3.46. The van der Waals surface area contributed by atoms with Gasteiger partial charge in [0, 0.05) is 17.5 Å². The smallest absolute Gasteiger partial charge is 0.322 e. The van der Waals surface area contributed by atoms with E-state index in [1.54, 1.807) is 6.92 Å². The predicted octanol–water partition coefficient (Wildman–Crippen LogP) is 2.62.